The van der Waals surface area contributed by atoms with Gasteiger partial charge in [-0.2, -0.15) is 0 Å². The summed E-state index contributed by atoms with van der Waals surface area (Å²) in [5, 5.41) is 6.38. The number of ether oxygens (including phenoxy) is 1. The molecule has 1 saturated heterocycles. The molecule has 4 rings (SSSR count). The number of hydrogen-bond donors (Lipinski definition) is 2. The van der Waals surface area contributed by atoms with Crippen molar-refractivity contribution in [3.05, 3.63) is 29.8 Å². The van der Waals surface area contributed by atoms with Gasteiger partial charge in [-0.05, 0) is 98.1 Å². The first kappa shape index (κ1) is 33.1. The summed E-state index contributed by atoms with van der Waals surface area (Å²) in [6, 6.07) is 8.78. The second-order valence-corrected chi connectivity index (χ2v) is 15.2. The lowest BCUT2D eigenvalue weighted by Gasteiger charge is -2.32. The Bertz CT molecular complexity index is 962. The smallest absolute Gasteiger partial charge is 0.317 e. The van der Waals surface area contributed by atoms with E-state index in [4.69, 9.17) is 4.74 Å². The fraction of sp³-hybridized carbons (Fsp3) is 0.765. The van der Waals surface area contributed by atoms with E-state index in [0.29, 0.717) is 29.5 Å². The Morgan fingerprint density at radius 2 is 1.37 bits per heavy atom. The van der Waals surface area contributed by atoms with E-state index in [0.717, 1.165) is 49.1 Å². The van der Waals surface area contributed by atoms with Crippen molar-refractivity contribution in [1.29, 1.82) is 0 Å². The maximum absolute atomic E-state index is 12.4. The number of methoxy groups -OCH3 is 1. The van der Waals surface area contributed by atoms with Crippen LogP contribution >= 0.6 is 0 Å². The normalized spacial score (nSPS) is 24.1. The molecule has 41 heavy (non-hydrogen) atoms. The number of carbonyl (C=O) groups is 2. The van der Waals surface area contributed by atoms with Crippen LogP contribution in [0.1, 0.15) is 105 Å². The molecule has 1 aromatic carbocycles. The zero-order chi connectivity index (χ0) is 30.2. The highest BCUT2D eigenvalue weighted by molar-refractivity contribution is 5.75. The maximum atomic E-state index is 12.4. The van der Waals surface area contributed by atoms with Gasteiger partial charge in [-0.1, -0.05) is 53.7 Å². The SMILES string of the molecule is CC(C)(C)CC1CCC(NC(=O)N2CCC2)C1.COc1ccc(CN(C)C(=O)NC2CCC(CC(C)(C)C)C2)cc1. The number of amides is 4. The number of hydrogen-bond acceptors (Lipinski definition) is 3. The number of benzene rings is 1. The first-order valence-corrected chi connectivity index (χ1v) is 15.9. The standard InChI is InChI=1S/C20H32N2O2.C14H26N2O/c1-20(2,3)13-16-6-9-17(12-16)21-19(23)22(4)14-15-7-10-18(24-5)11-8-15;1-14(2,3)10-11-5-6-12(9-11)15-13(17)16-7-4-8-16/h7-8,10-11,16-17H,6,9,12-14H2,1-5H3,(H,21,23);11-12H,4-10H2,1-3H3,(H,15,17). The van der Waals surface area contributed by atoms with Crippen LogP contribution in [0, 0.1) is 22.7 Å². The largest absolute Gasteiger partial charge is 0.497 e. The lowest BCUT2D eigenvalue weighted by molar-refractivity contribution is 0.163. The molecule has 2 saturated carbocycles. The quantitative estimate of drug-likeness (QED) is 0.358. The van der Waals surface area contributed by atoms with E-state index in [-0.39, 0.29) is 12.1 Å². The molecule has 7 heteroatoms. The molecule has 2 N–H and O–H groups in total. The highest BCUT2D eigenvalue weighted by Gasteiger charge is 2.31. The summed E-state index contributed by atoms with van der Waals surface area (Å²) in [7, 11) is 3.50. The summed E-state index contributed by atoms with van der Waals surface area (Å²) in [4.78, 5) is 27.9. The van der Waals surface area contributed by atoms with Crippen LogP contribution in [0.4, 0.5) is 9.59 Å². The third-order valence-corrected chi connectivity index (χ3v) is 8.61. The molecular weight excluding hydrogens is 512 g/mol. The number of nitrogens with zero attached hydrogens (tertiary/aromatic N) is 2. The number of carbonyl (C=O) groups excluding carboxylic acids is 2. The van der Waals surface area contributed by atoms with Gasteiger partial charge in [-0.3, -0.25) is 0 Å². The van der Waals surface area contributed by atoms with Crippen molar-refractivity contribution in [2.45, 2.75) is 118 Å². The van der Waals surface area contributed by atoms with Gasteiger partial charge in [-0.15, -0.1) is 0 Å². The van der Waals surface area contributed by atoms with Crippen molar-refractivity contribution < 1.29 is 14.3 Å². The molecule has 7 nitrogen and oxygen atoms in total. The molecule has 0 spiro atoms. The number of nitrogens with one attached hydrogen (secondary N) is 2. The molecule has 4 unspecified atom stereocenters. The first-order chi connectivity index (χ1) is 19.2. The van der Waals surface area contributed by atoms with Crippen LogP contribution in [0.5, 0.6) is 5.75 Å². The number of rotatable bonds is 7. The van der Waals surface area contributed by atoms with Crippen molar-refractivity contribution in [3.8, 4) is 5.75 Å². The molecule has 0 radical (unpaired) electrons. The van der Waals surface area contributed by atoms with E-state index < -0.39 is 0 Å². The van der Waals surface area contributed by atoms with Gasteiger partial charge in [0.1, 0.15) is 5.75 Å². The van der Waals surface area contributed by atoms with Crippen molar-refractivity contribution in [1.82, 2.24) is 20.4 Å². The molecule has 1 aromatic rings. The molecule has 3 fully saturated rings. The highest BCUT2D eigenvalue weighted by atomic mass is 16.5. The van der Waals surface area contributed by atoms with Crippen LogP contribution in [-0.4, -0.2) is 61.2 Å². The molecule has 0 aromatic heterocycles. The summed E-state index contributed by atoms with van der Waals surface area (Å²) in [5.41, 5.74) is 1.89. The minimum Gasteiger partial charge on any atom is -0.497 e. The van der Waals surface area contributed by atoms with Crippen molar-refractivity contribution in [2.75, 3.05) is 27.2 Å². The highest BCUT2D eigenvalue weighted by Crippen LogP contribution is 2.36. The Morgan fingerprint density at radius 3 is 1.80 bits per heavy atom. The van der Waals surface area contributed by atoms with Gasteiger partial charge in [0.05, 0.1) is 7.11 Å². The zero-order valence-corrected chi connectivity index (χ0v) is 27.2. The topological polar surface area (TPSA) is 73.9 Å². The minimum absolute atomic E-state index is 0.0206. The zero-order valence-electron chi connectivity index (χ0n) is 27.2. The second-order valence-electron chi connectivity index (χ2n) is 15.2. The van der Waals surface area contributed by atoms with Gasteiger partial charge in [0.25, 0.3) is 0 Å². The monoisotopic (exact) mass is 570 g/mol. The third kappa shape index (κ3) is 11.8. The Balaban J connectivity index is 0.000000239. The number of urea groups is 2. The average molecular weight is 571 g/mol. The van der Waals surface area contributed by atoms with Gasteiger partial charge in [-0.25, -0.2) is 9.59 Å². The summed E-state index contributed by atoms with van der Waals surface area (Å²) >= 11 is 0. The van der Waals surface area contributed by atoms with E-state index in [9.17, 15) is 9.59 Å². The molecule has 1 heterocycles. The van der Waals surface area contributed by atoms with Crippen molar-refractivity contribution in [2.24, 2.45) is 22.7 Å². The van der Waals surface area contributed by atoms with Gasteiger partial charge in [0.15, 0.2) is 0 Å². The van der Waals surface area contributed by atoms with Crippen LogP contribution in [0.3, 0.4) is 0 Å². The van der Waals surface area contributed by atoms with Gasteiger partial charge in [0, 0.05) is 38.8 Å². The van der Waals surface area contributed by atoms with E-state index >= 15 is 0 Å². The third-order valence-electron chi connectivity index (χ3n) is 8.61. The summed E-state index contributed by atoms with van der Waals surface area (Å²) in [6.07, 6.45) is 10.8. The van der Waals surface area contributed by atoms with E-state index in [1.54, 1.807) is 12.0 Å². The molecule has 232 valence electrons. The molecule has 2 aliphatic carbocycles. The van der Waals surface area contributed by atoms with Gasteiger partial charge < -0.3 is 25.2 Å². The lowest BCUT2D eigenvalue weighted by atomic mass is 9.84. The predicted octanol–water partition coefficient (Wildman–Crippen LogP) is 7.45. The molecule has 4 atom stereocenters. The van der Waals surface area contributed by atoms with Crippen LogP contribution in [0.25, 0.3) is 0 Å². The molecule has 4 amide bonds. The van der Waals surface area contributed by atoms with Crippen LogP contribution < -0.4 is 15.4 Å². The van der Waals surface area contributed by atoms with E-state index in [1.807, 2.05) is 36.2 Å². The fourth-order valence-corrected chi connectivity index (χ4v) is 6.66. The van der Waals surface area contributed by atoms with Gasteiger partial charge >= 0.3 is 12.1 Å². The predicted molar refractivity (Wildman–Crippen MR) is 168 cm³/mol. The summed E-state index contributed by atoms with van der Waals surface area (Å²) in [6.45, 7) is 16.3. The van der Waals surface area contributed by atoms with Crippen LogP contribution in [0.2, 0.25) is 0 Å². The van der Waals surface area contributed by atoms with Crippen molar-refractivity contribution in [3.63, 3.8) is 0 Å². The van der Waals surface area contributed by atoms with E-state index in [2.05, 4.69) is 52.2 Å². The van der Waals surface area contributed by atoms with E-state index in [1.165, 1.54) is 44.9 Å². The fourth-order valence-electron chi connectivity index (χ4n) is 6.66. The molecular formula is C34H58N4O3. The molecule has 3 aliphatic rings. The second kappa shape index (κ2) is 14.6. The Morgan fingerprint density at radius 1 is 0.854 bits per heavy atom. The Kier molecular flexibility index (Phi) is 11.8. The Labute approximate surface area is 250 Å². The van der Waals surface area contributed by atoms with Crippen LogP contribution in [-0.2, 0) is 6.54 Å². The molecule has 0 bridgehead atoms. The summed E-state index contributed by atoms with van der Waals surface area (Å²) < 4.78 is 5.16. The molecule has 1 aliphatic heterocycles. The minimum atomic E-state index is 0.0206. The lowest BCUT2D eigenvalue weighted by Crippen LogP contribution is -2.50. The number of likely N-dealkylation sites (tertiary alicyclic amines) is 1. The first-order valence-electron chi connectivity index (χ1n) is 15.9. The van der Waals surface area contributed by atoms with Gasteiger partial charge in [0.2, 0.25) is 0 Å². The van der Waals surface area contributed by atoms with Crippen molar-refractivity contribution >= 4 is 12.1 Å². The van der Waals surface area contributed by atoms with Crippen LogP contribution in [0.15, 0.2) is 24.3 Å². The summed E-state index contributed by atoms with van der Waals surface area (Å²) in [5.74, 6) is 2.38. The Hall–Kier alpha value is -2.44. The average Bonchev–Trinajstić information content (AvgIpc) is 3.45. The maximum Gasteiger partial charge on any atom is 0.317 e.